The molecule has 19 heavy (non-hydrogen) atoms. The monoisotopic (exact) mass is 291 g/mol. The van der Waals surface area contributed by atoms with E-state index in [1.165, 1.54) is 12.8 Å². The minimum absolute atomic E-state index is 0. The predicted octanol–water partition coefficient (Wildman–Crippen LogP) is 1.50. The van der Waals surface area contributed by atoms with E-state index < -0.39 is 0 Å². The van der Waals surface area contributed by atoms with Crippen LogP contribution < -0.4 is 11.1 Å². The first-order chi connectivity index (χ1) is 8.81. The lowest BCUT2D eigenvalue weighted by Crippen LogP contribution is -2.51. The highest BCUT2D eigenvalue weighted by atomic mass is 35.5. The first-order valence-electron chi connectivity index (χ1n) is 7.16. The summed E-state index contributed by atoms with van der Waals surface area (Å²) in [6.45, 7) is 2.67. The fourth-order valence-electron chi connectivity index (χ4n) is 2.91. The number of amides is 2. The number of nitrogens with zero attached hydrogens (tertiary/aromatic N) is 1. The van der Waals surface area contributed by atoms with Gasteiger partial charge in [-0.05, 0) is 25.7 Å². The standard InChI is InChI=1S/C13H25N3O2.ClH/c14-7-8-16(12-5-9-18-10-6-12)13(17)15-11-3-1-2-4-11;/h11-12H,1-10,14H2,(H,15,17);1H. The number of nitrogens with two attached hydrogens (primary N) is 1. The number of hydrogen-bond donors (Lipinski definition) is 2. The third-order valence-electron chi connectivity index (χ3n) is 3.95. The van der Waals surface area contributed by atoms with Crippen LogP contribution in [-0.4, -0.2) is 49.3 Å². The maximum absolute atomic E-state index is 12.3. The van der Waals surface area contributed by atoms with Gasteiger partial charge in [-0.2, -0.15) is 0 Å². The highest BCUT2D eigenvalue weighted by Crippen LogP contribution is 2.19. The zero-order chi connectivity index (χ0) is 12.8. The molecule has 112 valence electrons. The molecule has 0 spiro atoms. The van der Waals surface area contributed by atoms with Crippen molar-refractivity contribution >= 4 is 18.4 Å². The molecule has 2 aliphatic rings. The van der Waals surface area contributed by atoms with Gasteiger partial charge in [0.05, 0.1) is 0 Å². The van der Waals surface area contributed by atoms with E-state index in [0.29, 0.717) is 25.2 Å². The number of carbonyl (C=O) groups excluding carboxylic acids is 1. The molecule has 1 aliphatic carbocycles. The number of carbonyl (C=O) groups is 1. The summed E-state index contributed by atoms with van der Waals surface area (Å²) in [6.07, 6.45) is 6.57. The Morgan fingerprint density at radius 1 is 1.21 bits per heavy atom. The molecule has 1 heterocycles. The first-order valence-corrected chi connectivity index (χ1v) is 7.16. The highest BCUT2D eigenvalue weighted by Gasteiger charge is 2.27. The molecule has 0 unspecified atom stereocenters. The van der Waals surface area contributed by atoms with E-state index in [1.807, 2.05) is 4.90 Å². The van der Waals surface area contributed by atoms with Crippen LogP contribution >= 0.6 is 12.4 Å². The van der Waals surface area contributed by atoms with Crippen LogP contribution in [0.5, 0.6) is 0 Å². The zero-order valence-electron chi connectivity index (χ0n) is 11.5. The molecule has 0 radical (unpaired) electrons. The Bertz CT molecular complexity index is 267. The molecule has 6 heteroatoms. The Balaban J connectivity index is 0.00000180. The molecule has 0 aromatic rings. The summed E-state index contributed by atoms with van der Waals surface area (Å²) in [4.78, 5) is 14.2. The Morgan fingerprint density at radius 2 is 1.84 bits per heavy atom. The number of ether oxygens (including phenoxy) is 1. The Labute approximate surface area is 121 Å². The SMILES string of the molecule is Cl.NCCN(C(=O)NC1CCCC1)C1CCOCC1. The maximum atomic E-state index is 12.3. The number of rotatable bonds is 4. The molecule has 0 atom stereocenters. The van der Waals surface area contributed by atoms with Crippen molar-refractivity contribution in [1.82, 2.24) is 10.2 Å². The van der Waals surface area contributed by atoms with Crippen LogP contribution in [0.4, 0.5) is 4.79 Å². The van der Waals surface area contributed by atoms with Crippen LogP contribution in [-0.2, 0) is 4.74 Å². The molecule has 1 aliphatic heterocycles. The van der Waals surface area contributed by atoms with E-state index in [-0.39, 0.29) is 18.4 Å². The van der Waals surface area contributed by atoms with Gasteiger partial charge in [0.1, 0.15) is 0 Å². The molecule has 0 bridgehead atoms. The number of urea groups is 1. The van der Waals surface area contributed by atoms with E-state index >= 15 is 0 Å². The van der Waals surface area contributed by atoms with Crippen molar-refractivity contribution in [2.24, 2.45) is 5.73 Å². The van der Waals surface area contributed by atoms with Crippen molar-refractivity contribution in [2.45, 2.75) is 50.6 Å². The second-order valence-electron chi connectivity index (χ2n) is 5.26. The van der Waals surface area contributed by atoms with Gasteiger partial charge < -0.3 is 20.7 Å². The van der Waals surface area contributed by atoms with Crippen molar-refractivity contribution in [3.63, 3.8) is 0 Å². The van der Waals surface area contributed by atoms with Crippen molar-refractivity contribution < 1.29 is 9.53 Å². The van der Waals surface area contributed by atoms with E-state index in [4.69, 9.17) is 10.5 Å². The lowest BCUT2D eigenvalue weighted by Gasteiger charge is -2.34. The molecule has 3 N–H and O–H groups in total. The van der Waals surface area contributed by atoms with Gasteiger partial charge >= 0.3 is 6.03 Å². The van der Waals surface area contributed by atoms with Crippen molar-refractivity contribution in [2.75, 3.05) is 26.3 Å². The number of nitrogens with one attached hydrogen (secondary N) is 1. The molecule has 0 aromatic heterocycles. The van der Waals surface area contributed by atoms with Gasteiger partial charge in [-0.15, -0.1) is 12.4 Å². The molecule has 0 aromatic carbocycles. The average Bonchev–Trinajstić information content (AvgIpc) is 2.89. The van der Waals surface area contributed by atoms with E-state index in [2.05, 4.69) is 5.32 Å². The Kier molecular flexibility index (Phi) is 7.49. The van der Waals surface area contributed by atoms with E-state index in [1.54, 1.807) is 0 Å². The van der Waals surface area contributed by atoms with Crippen molar-refractivity contribution in [1.29, 1.82) is 0 Å². The van der Waals surface area contributed by atoms with Gasteiger partial charge in [-0.1, -0.05) is 12.8 Å². The average molecular weight is 292 g/mol. The van der Waals surface area contributed by atoms with Gasteiger partial charge in [-0.25, -0.2) is 4.79 Å². The van der Waals surface area contributed by atoms with Crippen LogP contribution in [0.25, 0.3) is 0 Å². The predicted molar refractivity (Wildman–Crippen MR) is 77.6 cm³/mol. The second kappa shape index (κ2) is 8.61. The molecule has 2 amide bonds. The van der Waals surface area contributed by atoms with Crippen LogP contribution in [0, 0.1) is 0 Å². The van der Waals surface area contributed by atoms with Crippen LogP contribution in [0.15, 0.2) is 0 Å². The smallest absolute Gasteiger partial charge is 0.317 e. The topological polar surface area (TPSA) is 67.6 Å². The number of halogens is 1. The third-order valence-corrected chi connectivity index (χ3v) is 3.95. The summed E-state index contributed by atoms with van der Waals surface area (Å²) in [5.41, 5.74) is 5.63. The Hall–Kier alpha value is -0.520. The summed E-state index contributed by atoms with van der Waals surface area (Å²) in [7, 11) is 0. The zero-order valence-corrected chi connectivity index (χ0v) is 12.3. The fourth-order valence-corrected chi connectivity index (χ4v) is 2.91. The Morgan fingerprint density at radius 3 is 2.42 bits per heavy atom. The van der Waals surface area contributed by atoms with Gasteiger partial charge in [0, 0.05) is 38.4 Å². The summed E-state index contributed by atoms with van der Waals surface area (Å²) in [6, 6.07) is 0.737. The van der Waals surface area contributed by atoms with Crippen molar-refractivity contribution in [3.8, 4) is 0 Å². The van der Waals surface area contributed by atoms with Crippen LogP contribution in [0.2, 0.25) is 0 Å². The molecular weight excluding hydrogens is 266 g/mol. The second-order valence-corrected chi connectivity index (χ2v) is 5.26. The van der Waals surface area contributed by atoms with Gasteiger partial charge in [0.2, 0.25) is 0 Å². The third kappa shape index (κ3) is 4.82. The van der Waals surface area contributed by atoms with Crippen molar-refractivity contribution in [3.05, 3.63) is 0 Å². The lowest BCUT2D eigenvalue weighted by atomic mass is 10.1. The minimum atomic E-state index is 0. The lowest BCUT2D eigenvalue weighted by molar-refractivity contribution is 0.0462. The van der Waals surface area contributed by atoms with E-state index in [0.717, 1.165) is 38.9 Å². The summed E-state index contributed by atoms with van der Waals surface area (Å²) >= 11 is 0. The summed E-state index contributed by atoms with van der Waals surface area (Å²) in [5.74, 6) is 0. The normalized spacial score (nSPS) is 20.9. The molecule has 2 fully saturated rings. The van der Waals surface area contributed by atoms with Gasteiger partial charge in [-0.3, -0.25) is 0 Å². The summed E-state index contributed by atoms with van der Waals surface area (Å²) in [5, 5.41) is 3.15. The molecule has 5 nitrogen and oxygen atoms in total. The van der Waals surface area contributed by atoms with Gasteiger partial charge in [0.15, 0.2) is 0 Å². The molecule has 1 saturated carbocycles. The highest BCUT2D eigenvalue weighted by molar-refractivity contribution is 5.85. The van der Waals surface area contributed by atoms with Crippen LogP contribution in [0.3, 0.4) is 0 Å². The quantitative estimate of drug-likeness (QED) is 0.825. The maximum Gasteiger partial charge on any atom is 0.317 e. The summed E-state index contributed by atoms with van der Waals surface area (Å²) < 4.78 is 5.35. The van der Waals surface area contributed by atoms with Gasteiger partial charge in [0.25, 0.3) is 0 Å². The van der Waals surface area contributed by atoms with E-state index in [9.17, 15) is 4.79 Å². The molecule has 2 rings (SSSR count). The van der Waals surface area contributed by atoms with Crippen LogP contribution in [0.1, 0.15) is 38.5 Å². The number of hydrogen-bond acceptors (Lipinski definition) is 3. The molecule has 1 saturated heterocycles. The minimum Gasteiger partial charge on any atom is -0.381 e. The molecular formula is C13H26ClN3O2. The largest absolute Gasteiger partial charge is 0.381 e. The first kappa shape index (κ1) is 16.5. The fraction of sp³-hybridized carbons (Fsp3) is 0.923.